The van der Waals surface area contributed by atoms with E-state index >= 15 is 0 Å². The smallest absolute Gasteiger partial charge is 0.172 e. The van der Waals surface area contributed by atoms with E-state index in [1.165, 1.54) is 13.2 Å². The quantitative estimate of drug-likeness (QED) is 0.878. The highest BCUT2D eigenvalue weighted by Crippen LogP contribution is 2.46. The molecule has 0 atom stereocenters. The Kier molecular flexibility index (Phi) is 3.82. The summed E-state index contributed by atoms with van der Waals surface area (Å²) in [6, 6.07) is 1.19. The number of halogens is 2. The van der Waals surface area contributed by atoms with Gasteiger partial charge in [-0.15, -0.1) is 0 Å². The third-order valence-corrected chi connectivity index (χ3v) is 4.39. The normalized spacial score (nSPS) is 18.7. The number of benzene rings is 1. The van der Waals surface area contributed by atoms with E-state index in [-0.39, 0.29) is 11.5 Å². The van der Waals surface area contributed by atoms with Crippen LogP contribution >= 0.6 is 15.9 Å². The van der Waals surface area contributed by atoms with Crippen LogP contribution in [-0.2, 0) is 5.54 Å². The van der Waals surface area contributed by atoms with E-state index in [1.54, 1.807) is 0 Å². The molecule has 100 valence electrons. The molecule has 2 rings (SSSR count). The van der Waals surface area contributed by atoms with Gasteiger partial charge in [0, 0.05) is 17.2 Å². The zero-order valence-electron chi connectivity index (χ0n) is 10.3. The summed E-state index contributed by atoms with van der Waals surface area (Å²) in [4.78, 5) is 0. The third-order valence-electron chi connectivity index (χ3n) is 3.62. The van der Waals surface area contributed by atoms with Crippen molar-refractivity contribution < 1.29 is 14.2 Å². The van der Waals surface area contributed by atoms with Crippen molar-refractivity contribution in [2.45, 2.75) is 37.6 Å². The van der Waals surface area contributed by atoms with Crippen LogP contribution in [0.5, 0.6) is 11.5 Å². The molecule has 0 radical (unpaired) electrons. The topological polar surface area (TPSA) is 55.5 Å². The molecule has 0 aromatic heterocycles. The van der Waals surface area contributed by atoms with Crippen molar-refractivity contribution in [3.63, 3.8) is 0 Å². The van der Waals surface area contributed by atoms with Crippen LogP contribution in [-0.4, -0.2) is 12.2 Å². The van der Waals surface area contributed by atoms with Crippen molar-refractivity contribution in [3.8, 4) is 11.5 Å². The first-order valence-electron chi connectivity index (χ1n) is 6.04. The van der Waals surface area contributed by atoms with Crippen molar-refractivity contribution in [1.82, 2.24) is 0 Å². The second kappa shape index (κ2) is 5.05. The molecule has 1 fully saturated rings. The summed E-state index contributed by atoms with van der Waals surface area (Å²) in [6.45, 7) is 0. The fourth-order valence-electron chi connectivity index (χ4n) is 2.63. The Morgan fingerprint density at radius 2 is 2.00 bits per heavy atom. The van der Waals surface area contributed by atoms with Gasteiger partial charge in [0.25, 0.3) is 0 Å². The van der Waals surface area contributed by atoms with Crippen molar-refractivity contribution in [1.29, 1.82) is 0 Å². The second-order valence-corrected chi connectivity index (χ2v) is 5.61. The molecule has 0 aliphatic heterocycles. The van der Waals surface area contributed by atoms with Gasteiger partial charge in [-0.25, -0.2) is 4.39 Å². The highest BCUT2D eigenvalue weighted by molar-refractivity contribution is 9.10. The van der Waals surface area contributed by atoms with E-state index in [4.69, 9.17) is 10.5 Å². The first kappa shape index (κ1) is 13.6. The van der Waals surface area contributed by atoms with E-state index < -0.39 is 11.4 Å². The number of methoxy groups -OCH3 is 1. The van der Waals surface area contributed by atoms with Gasteiger partial charge in [0.1, 0.15) is 5.82 Å². The lowest BCUT2D eigenvalue weighted by atomic mass is 9.77. The Hall–Kier alpha value is -0.810. The number of phenols is 1. The monoisotopic (exact) mass is 317 g/mol. The summed E-state index contributed by atoms with van der Waals surface area (Å²) in [5.74, 6) is -0.409. The lowest BCUT2D eigenvalue weighted by molar-refractivity contribution is 0.287. The van der Waals surface area contributed by atoms with E-state index in [0.717, 1.165) is 32.1 Å². The molecule has 1 aromatic rings. The molecule has 1 aliphatic carbocycles. The Bertz CT molecular complexity index is 459. The molecule has 18 heavy (non-hydrogen) atoms. The molecule has 0 heterocycles. The van der Waals surface area contributed by atoms with Gasteiger partial charge in [0.15, 0.2) is 11.5 Å². The van der Waals surface area contributed by atoms with E-state index in [2.05, 4.69) is 15.9 Å². The summed E-state index contributed by atoms with van der Waals surface area (Å²) < 4.78 is 19.4. The first-order valence-corrected chi connectivity index (χ1v) is 6.83. The maximum Gasteiger partial charge on any atom is 0.172 e. The minimum absolute atomic E-state index is 0.0932. The number of hydrogen-bond donors (Lipinski definition) is 2. The lowest BCUT2D eigenvalue weighted by Gasteiger charge is -2.35. The summed E-state index contributed by atoms with van der Waals surface area (Å²) >= 11 is 3.24. The molecule has 5 heteroatoms. The molecule has 0 unspecified atom stereocenters. The van der Waals surface area contributed by atoms with Crippen LogP contribution in [0.25, 0.3) is 0 Å². The zero-order valence-corrected chi connectivity index (χ0v) is 11.9. The van der Waals surface area contributed by atoms with Crippen molar-refractivity contribution >= 4 is 15.9 Å². The van der Waals surface area contributed by atoms with Gasteiger partial charge in [-0.05, 0) is 28.8 Å². The van der Waals surface area contributed by atoms with E-state index in [0.29, 0.717) is 10.0 Å². The Morgan fingerprint density at radius 3 is 2.56 bits per heavy atom. The molecule has 3 nitrogen and oxygen atoms in total. The predicted molar refractivity (Wildman–Crippen MR) is 71.3 cm³/mol. The van der Waals surface area contributed by atoms with Gasteiger partial charge in [0.05, 0.1) is 11.6 Å². The minimum atomic E-state index is -0.703. The fraction of sp³-hybridized carbons (Fsp3) is 0.538. The molecule has 1 aliphatic rings. The lowest BCUT2D eigenvalue weighted by Crippen LogP contribution is -2.39. The van der Waals surface area contributed by atoms with Crippen LogP contribution in [0.2, 0.25) is 0 Å². The van der Waals surface area contributed by atoms with Gasteiger partial charge in [-0.3, -0.25) is 0 Å². The van der Waals surface area contributed by atoms with Crippen LogP contribution in [0.3, 0.4) is 0 Å². The SMILES string of the molecule is COc1cc(F)c(C2(N)CCCCC2)c(Br)c1O. The van der Waals surface area contributed by atoms with E-state index in [1.807, 2.05) is 0 Å². The molecule has 0 spiro atoms. The van der Waals surface area contributed by atoms with Crippen LogP contribution in [0, 0.1) is 5.82 Å². The molecule has 0 amide bonds. The highest BCUT2D eigenvalue weighted by atomic mass is 79.9. The maximum atomic E-state index is 14.2. The van der Waals surface area contributed by atoms with Gasteiger partial charge < -0.3 is 15.6 Å². The number of aromatic hydroxyl groups is 1. The Balaban J connectivity index is 2.53. The summed E-state index contributed by atoms with van der Waals surface area (Å²) in [5, 5.41) is 9.95. The molecular formula is C13H17BrFNO2. The van der Waals surface area contributed by atoms with Crippen LogP contribution < -0.4 is 10.5 Å². The number of rotatable bonds is 2. The standard InChI is InChI=1S/C13H17BrFNO2/c1-18-9-7-8(15)10(11(14)12(9)17)13(16)5-3-2-4-6-13/h7,17H,2-6,16H2,1H3. The molecule has 1 aromatic carbocycles. The van der Waals surface area contributed by atoms with E-state index in [9.17, 15) is 9.50 Å². The fourth-order valence-corrected chi connectivity index (χ4v) is 3.41. The van der Waals surface area contributed by atoms with Gasteiger partial charge in [0.2, 0.25) is 0 Å². The number of ether oxygens (including phenoxy) is 1. The molecule has 0 saturated heterocycles. The van der Waals surface area contributed by atoms with Crippen LogP contribution in [0.15, 0.2) is 10.5 Å². The van der Waals surface area contributed by atoms with Crippen molar-refractivity contribution in [3.05, 3.63) is 21.9 Å². The molecule has 0 bridgehead atoms. The van der Waals surface area contributed by atoms with Gasteiger partial charge in [-0.1, -0.05) is 19.3 Å². The highest BCUT2D eigenvalue weighted by Gasteiger charge is 2.35. The molecule has 3 N–H and O–H groups in total. The van der Waals surface area contributed by atoms with Crippen LogP contribution in [0.1, 0.15) is 37.7 Å². The minimum Gasteiger partial charge on any atom is -0.503 e. The summed E-state index contributed by atoms with van der Waals surface area (Å²) in [5.41, 5.74) is 5.98. The van der Waals surface area contributed by atoms with Gasteiger partial charge >= 0.3 is 0 Å². The number of hydrogen-bond acceptors (Lipinski definition) is 3. The summed E-state index contributed by atoms with van der Waals surface area (Å²) in [6.07, 6.45) is 4.55. The number of nitrogens with two attached hydrogens (primary N) is 1. The second-order valence-electron chi connectivity index (χ2n) is 4.82. The predicted octanol–water partition coefficient (Wildman–Crippen LogP) is 3.42. The Morgan fingerprint density at radius 1 is 1.39 bits per heavy atom. The summed E-state index contributed by atoms with van der Waals surface area (Å²) in [7, 11) is 1.39. The van der Waals surface area contributed by atoms with Crippen LogP contribution in [0.4, 0.5) is 4.39 Å². The zero-order chi connectivity index (χ0) is 13.3. The van der Waals surface area contributed by atoms with Crippen molar-refractivity contribution in [2.75, 3.05) is 7.11 Å². The Labute approximate surface area is 114 Å². The maximum absolute atomic E-state index is 14.2. The third kappa shape index (κ3) is 2.21. The molecule has 1 saturated carbocycles. The van der Waals surface area contributed by atoms with Gasteiger partial charge in [-0.2, -0.15) is 0 Å². The average Bonchev–Trinajstić information content (AvgIpc) is 2.34. The first-order chi connectivity index (χ1) is 8.49. The number of phenolic OH excluding ortho intramolecular Hbond substituents is 1. The average molecular weight is 318 g/mol. The molecular weight excluding hydrogens is 301 g/mol. The van der Waals surface area contributed by atoms with Crippen molar-refractivity contribution in [2.24, 2.45) is 5.73 Å². The largest absolute Gasteiger partial charge is 0.503 e.